The van der Waals surface area contributed by atoms with Gasteiger partial charge in [-0.1, -0.05) is 0 Å². The van der Waals surface area contributed by atoms with Crippen LogP contribution in [0.4, 0.5) is 4.79 Å². The van der Waals surface area contributed by atoms with Crippen LogP contribution in [0.25, 0.3) is 10.4 Å². The molecule has 1 unspecified atom stereocenters. The topological polar surface area (TPSA) is 98.5 Å². The first-order chi connectivity index (χ1) is 6.13. The van der Waals surface area contributed by atoms with Crippen LogP contribution < -0.4 is 0 Å². The molecule has 1 atom stereocenters. The summed E-state index contributed by atoms with van der Waals surface area (Å²) in [6.45, 7) is 4.10. The van der Waals surface area contributed by atoms with Crippen LogP contribution in [0.5, 0.6) is 0 Å². The number of azide groups is 1. The van der Waals surface area contributed by atoms with E-state index in [1.165, 1.54) is 0 Å². The summed E-state index contributed by atoms with van der Waals surface area (Å²) >= 11 is 0. The van der Waals surface area contributed by atoms with Gasteiger partial charge in [0, 0.05) is 6.61 Å². The molecule has 0 heterocycles. The Kier molecular flexibility index (Phi) is 5.42. The predicted octanol–water partition coefficient (Wildman–Crippen LogP) is 1.62. The van der Waals surface area contributed by atoms with Crippen LogP contribution in [0.3, 0.4) is 0 Å². The minimum Gasteiger partial charge on any atom is -0.446 e. The van der Waals surface area contributed by atoms with Crippen LogP contribution in [-0.2, 0) is 4.74 Å². The fourth-order valence-electron chi connectivity index (χ4n) is 0.717. The smallest absolute Gasteiger partial charge is 0.446 e. The lowest BCUT2D eigenvalue weighted by Gasteiger charge is -2.15. The maximum atomic E-state index is 10.5. The third-order valence-corrected chi connectivity index (χ3v) is 1.31. The number of carbonyl (C=O) groups is 1. The largest absolute Gasteiger partial charge is 0.508 e. The van der Waals surface area contributed by atoms with Crippen LogP contribution in [-0.4, -0.2) is 35.5 Å². The molecule has 74 valence electrons. The molecule has 0 saturated heterocycles. The van der Waals surface area contributed by atoms with Gasteiger partial charge in [-0.2, -0.15) is 9.71 Å². The van der Waals surface area contributed by atoms with E-state index < -0.39 is 12.1 Å². The molecule has 13 heavy (non-hydrogen) atoms. The van der Waals surface area contributed by atoms with Gasteiger partial charge in [0.15, 0.2) is 0 Å². The Morgan fingerprint density at radius 1 is 1.85 bits per heavy atom. The van der Waals surface area contributed by atoms with E-state index in [2.05, 4.69) is 10.1 Å². The van der Waals surface area contributed by atoms with Crippen molar-refractivity contribution in [2.75, 3.05) is 13.2 Å². The molecule has 0 aromatic carbocycles. The van der Waals surface area contributed by atoms with Crippen molar-refractivity contribution in [2.45, 2.75) is 19.9 Å². The lowest BCUT2D eigenvalue weighted by atomic mass is 10.3. The Morgan fingerprint density at radius 2 is 2.46 bits per heavy atom. The predicted molar refractivity (Wildman–Crippen MR) is 45.0 cm³/mol. The van der Waals surface area contributed by atoms with Gasteiger partial charge >= 0.3 is 6.09 Å². The maximum absolute atomic E-state index is 10.5. The number of rotatable bonds is 5. The van der Waals surface area contributed by atoms with Crippen molar-refractivity contribution in [1.82, 2.24) is 5.01 Å². The Hall–Kier alpha value is -1.46. The summed E-state index contributed by atoms with van der Waals surface area (Å²) in [5, 5.41) is 12.2. The van der Waals surface area contributed by atoms with Crippen molar-refractivity contribution in [3.05, 3.63) is 10.4 Å². The summed E-state index contributed by atoms with van der Waals surface area (Å²) in [5.41, 5.74) is 8.07. The van der Waals surface area contributed by atoms with Gasteiger partial charge in [-0.05, 0) is 19.1 Å². The zero-order valence-corrected chi connectivity index (χ0v) is 7.54. The summed E-state index contributed by atoms with van der Waals surface area (Å²) < 4.78 is 4.98. The van der Waals surface area contributed by atoms with Crippen molar-refractivity contribution in [3.8, 4) is 0 Å². The average Bonchev–Trinajstić information content (AvgIpc) is 2.09. The van der Waals surface area contributed by atoms with E-state index in [0.717, 1.165) is 0 Å². The van der Waals surface area contributed by atoms with Gasteiger partial charge in [0.2, 0.25) is 0 Å². The fraction of sp³-hybridized carbons (Fsp3) is 0.833. The van der Waals surface area contributed by atoms with Gasteiger partial charge in [-0.15, -0.1) is 10.5 Å². The van der Waals surface area contributed by atoms with Crippen molar-refractivity contribution in [3.63, 3.8) is 0 Å². The van der Waals surface area contributed by atoms with E-state index in [9.17, 15) is 4.79 Å². The molecule has 0 radical (unpaired) electrons. The van der Waals surface area contributed by atoms with E-state index >= 15 is 0 Å². The molecule has 0 aliphatic heterocycles. The number of ether oxygens (including phenoxy) is 1. The molecule has 7 heteroatoms. The number of amides is 1. The highest BCUT2D eigenvalue weighted by Gasteiger charge is 2.22. The lowest BCUT2D eigenvalue weighted by Crippen LogP contribution is -2.35. The molecular formula is C6H12N4O3. The Balaban J connectivity index is 4.19. The first-order valence-electron chi connectivity index (χ1n) is 3.78. The summed E-state index contributed by atoms with van der Waals surface area (Å²) in [6, 6.07) is -0.478. The normalized spacial score (nSPS) is 11.5. The number of carboxylic acid groups (broad SMARTS) is 1. The van der Waals surface area contributed by atoms with Gasteiger partial charge in [-0.3, -0.25) is 0 Å². The van der Waals surface area contributed by atoms with E-state index in [1.807, 2.05) is 0 Å². The molecule has 1 N–H and O–H groups in total. The number of hydrogen-bond donors (Lipinski definition) is 1. The molecule has 0 saturated carbocycles. The zero-order valence-electron chi connectivity index (χ0n) is 7.54. The van der Waals surface area contributed by atoms with Gasteiger partial charge in [0.25, 0.3) is 0 Å². The number of nitrogens with zero attached hydrogens (tertiary/aromatic N) is 4. The third kappa shape index (κ3) is 4.19. The van der Waals surface area contributed by atoms with Gasteiger partial charge in [0.1, 0.15) is 6.04 Å². The molecule has 0 aliphatic rings. The molecule has 0 fully saturated rings. The standard InChI is InChI=1S/C6H12N4O3/c1-3-13-4-5(2)10(6(11)12)9-8-7/h5H,3-4H2,1-2H3,(H,11,12). The lowest BCUT2D eigenvalue weighted by molar-refractivity contribution is 0.0688. The summed E-state index contributed by atoms with van der Waals surface area (Å²) in [4.78, 5) is 12.9. The third-order valence-electron chi connectivity index (χ3n) is 1.31. The average molecular weight is 188 g/mol. The van der Waals surface area contributed by atoms with Crippen LogP contribution >= 0.6 is 0 Å². The van der Waals surface area contributed by atoms with Crippen molar-refractivity contribution in [2.24, 2.45) is 5.22 Å². The highest BCUT2D eigenvalue weighted by atomic mass is 16.5. The molecule has 0 aromatic rings. The first kappa shape index (κ1) is 11.5. The molecule has 1 amide bonds. The quantitative estimate of drug-likeness (QED) is 0.307. The van der Waals surface area contributed by atoms with Gasteiger partial charge < -0.3 is 9.84 Å². The summed E-state index contributed by atoms with van der Waals surface area (Å²) in [6.07, 6.45) is -1.29. The molecule has 0 bridgehead atoms. The van der Waals surface area contributed by atoms with E-state index in [4.69, 9.17) is 15.4 Å². The number of hydrogen-bond acceptors (Lipinski definition) is 3. The van der Waals surface area contributed by atoms with Gasteiger partial charge in [0.05, 0.1) is 6.61 Å². The molecule has 0 aliphatic carbocycles. The second kappa shape index (κ2) is 6.10. The molecule has 0 rings (SSSR count). The van der Waals surface area contributed by atoms with Crippen LogP contribution in [0.1, 0.15) is 13.8 Å². The SMILES string of the molecule is CCOCC(C)N(N=[N+]=[N-])C(=O)O. The van der Waals surface area contributed by atoms with Crippen molar-refractivity contribution < 1.29 is 14.6 Å². The fourth-order valence-corrected chi connectivity index (χ4v) is 0.717. The van der Waals surface area contributed by atoms with E-state index in [0.29, 0.717) is 11.6 Å². The highest BCUT2D eigenvalue weighted by Crippen LogP contribution is 2.01. The van der Waals surface area contributed by atoms with E-state index in [1.54, 1.807) is 13.8 Å². The molecule has 0 aromatic heterocycles. The van der Waals surface area contributed by atoms with E-state index in [-0.39, 0.29) is 6.61 Å². The van der Waals surface area contributed by atoms with Gasteiger partial charge in [-0.25, -0.2) is 0 Å². The highest BCUT2D eigenvalue weighted by molar-refractivity contribution is 5.64. The van der Waals surface area contributed by atoms with Crippen molar-refractivity contribution >= 4 is 6.09 Å². The van der Waals surface area contributed by atoms with Crippen LogP contribution in [0.15, 0.2) is 5.22 Å². The summed E-state index contributed by atoms with van der Waals surface area (Å²) in [5.74, 6) is 0. The summed E-state index contributed by atoms with van der Waals surface area (Å²) in [7, 11) is 0. The monoisotopic (exact) mass is 188 g/mol. The Bertz CT molecular complexity index is 212. The Morgan fingerprint density at radius 3 is 2.85 bits per heavy atom. The minimum absolute atomic E-state index is 0.210. The zero-order chi connectivity index (χ0) is 10.3. The second-order valence-corrected chi connectivity index (χ2v) is 2.31. The van der Waals surface area contributed by atoms with Crippen LogP contribution in [0, 0.1) is 0 Å². The minimum atomic E-state index is -1.29. The molecular weight excluding hydrogens is 176 g/mol. The first-order valence-corrected chi connectivity index (χ1v) is 3.78. The Labute approximate surface area is 75.5 Å². The van der Waals surface area contributed by atoms with Crippen LogP contribution in [0.2, 0.25) is 0 Å². The molecule has 0 spiro atoms. The molecule has 7 nitrogen and oxygen atoms in total. The maximum Gasteiger partial charge on any atom is 0.508 e. The second-order valence-electron chi connectivity index (χ2n) is 2.31. The van der Waals surface area contributed by atoms with Crippen molar-refractivity contribution in [1.29, 1.82) is 0 Å².